The van der Waals surface area contributed by atoms with Crippen molar-refractivity contribution in [2.45, 2.75) is 66.0 Å². The van der Waals surface area contributed by atoms with Crippen LogP contribution in [0, 0.1) is 0 Å². The molecule has 0 saturated heterocycles. The molecule has 0 rings (SSSR count). The molecule has 0 aliphatic rings. The fourth-order valence-corrected chi connectivity index (χ4v) is 3.59. The Morgan fingerprint density at radius 2 is 1.43 bits per heavy atom. The van der Waals surface area contributed by atoms with E-state index in [9.17, 15) is 9.36 Å². The van der Waals surface area contributed by atoms with Crippen molar-refractivity contribution in [2.75, 3.05) is 26.3 Å². The largest absolute Gasteiger partial charge is 0.342 e. The van der Waals surface area contributed by atoms with E-state index >= 15 is 0 Å². The van der Waals surface area contributed by atoms with Gasteiger partial charge in [-0.25, -0.2) is 0 Å². The van der Waals surface area contributed by atoms with Gasteiger partial charge in [0.15, 0.2) is 0 Å². The molecule has 6 heteroatoms. The fraction of sp³-hybridized carbons (Fsp3) is 0.933. The zero-order valence-corrected chi connectivity index (χ0v) is 15.2. The van der Waals surface area contributed by atoms with E-state index in [1.54, 1.807) is 11.8 Å². The van der Waals surface area contributed by atoms with Crippen molar-refractivity contribution in [3.05, 3.63) is 0 Å². The lowest BCUT2D eigenvalue weighted by Crippen LogP contribution is -2.38. The molecule has 0 fully saturated rings. The van der Waals surface area contributed by atoms with Gasteiger partial charge >= 0.3 is 7.60 Å². The molecule has 0 aromatic rings. The molecule has 0 spiro atoms. The Balaban J connectivity index is 4.90. The predicted molar refractivity (Wildman–Crippen MR) is 86.7 cm³/mol. The highest BCUT2D eigenvalue weighted by molar-refractivity contribution is 7.55. The van der Waals surface area contributed by atoms with Crippen molar-refractivity contribution in [1.82, 2.24) is 4.90 Å². The molecule has 1 atom stereocenters. The van der Waals surface area contributed by atoms with Gasteiger partial charge in [0.05, 0.1) is 13.2 Å². The maximum absolute atomic E-state index is 12.9. The number of carbonyl (C=O) groups excluding carboxylic acids is 1. The number of nitrogens with zero attached hydrogens (tertiary/aromatic N) is 1. The third-order valence-electron chi connectivity index (χ3n) is 3.45. The average molecular weight is 321 g/mol. The number of unbranched alkanes of at least 4 members (excludes halogenated alkanes) is 2. The van der Waals surface area contributed by atoms with Crippen LogP contribution < -0.4 is 0 Å². The molecule has 0 N–H and O–H groups in total. The lowest BCUT2D eigenvalue weighted by molar-refractivity contribution is -0.130. The van der Waals surface area contributed by atoms with Crippen molar-refractivity contribution < 1.29 is 18.4 Å². The first-order valence-corrected chi connectivity index (χ1v) is 9.75. The van der Waals surface area contributed by atoms with Crippen molar-refractivity contribution in [3.63, 3.8) is 0 Å². The summed E-state index contributed by atoms with van der Waals surface area (Å²) < 4.78 is 24.0. The van der Waals surface area contributed by atoms with Crippen LogP contribution in [0.1, 0.15) is 60.3 Å². The Bertz CT molecular complexity index is 318. The molecule has 0 aromatic heterocycles. The van der Waals surface area contributed by atoms with Gasteiger partial charge in [0.2, 0.25) is 5.91 Å². The molecule has 0 saturated carbocycles. The molecule has 0 heterocycles. The summed E-state index contributed by atoms with van der Waals surface area (Å²) in [7, 11) is -3.40. The monoisotopic (exact) mass is 321 g/mol. The molecule has 0 aliphatic heterocycles. The van der Waals surface area contributed by atoms with Crippen molar-refractivity contribution >= 4 is 13.5 Å². The Kier molecular flexibility index (Phi) is 11.0. The number of hydrogen-bond donors (Lipinski definition) is 0. The van der Waals surface area contributed by atoms with Gasteiger partial charge in [0, 0.05) is 13.1 Å². The number of carbonyl (C=O) groups is 1. The molecule has 0 radical (unpaired) electrons. The van der Waals surface area contributed by atoms with E-state index < -0.39 is 13.3 Å². The average Bonchev–Trinajstić information content (AvgIpc) is 2.48. The normalized spacial score (nSPS) is 13.2. The van der Waals surface area contributed by atoms with E-state index in [-0.39, 0.29) is 5.91 Å². The van der Waals surface area contributed by atoms with Gasteiger partial charge in [-0.3, -0.25) is 9.36 Å². The van der Waals surface area contributed by atoms with Gasteiger partial charge in [0.25, 0.3) is 0 Å². The maximum Gasteiger partial charge on any atom is 0.342 e. The van der Waals surface area contributed by atoms with Crippen LogP contribution in [-0.4, -0.2) is 42.8 Å². The summed E-state index contributed by atoms with van der Waals surface area (Å²) in [4.78, 5) is 14.1. The minimum absolute atomic E-state index is 0.156. The van der Waals surface area contributed by atoms with Crippen LogP contribution in [0.3, 0.4) is 0 Å². The minimum atomic E-state index is -3.40. The standard InChI is InChI=1S/C15H32NO4P/c1-6-10-12-19-21(18,20-13-11-7-2)14(5)15(17)16(8-3)9-4/h14H,6-13H2,1-5H3/t14-/m1/s1. The minimum Gasteiger partial charge on any atom is -0.342 e. The lowest BCUT2D eigenvalue weighted by Gasteiger charge is -2.28. The smallest absolute Gasteiger partial charge is 0.342 e. The summed E-state index contributed by atoms with van der Waals surface area (Å²) in [6.07, 6.45) is 3.53. The van der Waals surface area contributed by atoms with Crippen LogP contribution in [0.2, 0.25) is 0 Å². The van der Waals surface area contributed by atoms with Crippen LogP contribution in [0.4, 0.5) is 0 Å². The quantitative estimate of drug-likeness (QED) is 0.401. The van der Waals surface area contributed by atoms with E-state index in [0.717, 1.165) is 25.7 Å². The predicted octanol–water partition coefficient (Wildman–Crippen LogP) is 4.07. The topological polar surface area (TPSA) is 55.8 Å². The lowest BCUT2D eigenvalue weighted by atomic mass is 10.4. The van der Waals surface area contributed by atoms with Crippen LogP contribution >= 0.6 is 7.60 Å². The second-order valence-corrected chi connectivity index (χ2v) is 7.47. The van der Waals surface area contributed by atoms with Crippen LogP contribution in [0.25, 0.3) is 0 Å². The molecular weight excluding hydrogens is 289 g/mol. The number of hydrogen-bond acceptors (Lipinski definition) is 4. The highest BCUT2D eigenvalue weighted by atomic mass is 31.2. The fourth-order valence-electron chi connectivity index (χ4n) is 1.87. The van der Waals surface area contributed by atoms with Crippen molar-refractivity contribution in [2.24, 2.45) is 0 Å². The summed E-state index contributed by atoms with van der Waals surface area (Å²) in [6.45, 7) is 11.5. The van der Waals surface area contributed by atoms with Gasteiger partial charge in [-0.15, -0.1) is 0 Å². The Morgan fingerprint density at radius 3 is 1.76 bits per heavy atom. The summed E-state index contributed by atoms with van der Waals surface area (Å²) in [5.74, 6) is -0.156. The zero-order chi connectivity index (χ0) is 16.3. The third kappa shape index (κ3) is 6.94. The molecule has 0 unspecified atom stereocenters. The molecule has 1 amide bonds. The van der Waals surface area contributed by atoms with Gasteiger partial charge in [0.1, 0.15) is 5.66 Å². The van der Waals surface area contributed by atoms with Crippen LogP contribution in [0.5, 0.6) is 0 Å². The third-order valence-corrected chi connectivity index (χ3v) is 5.70. The van der Waals surface area contributed by atoms with Gasteiger partial charge < -0.3 is 13.9 Å². The molecule has 126 valence electrons. The molecule has 5 nitrogen and oxygen atoms in total. The first kappa shape index (κ1) is 20.6. The van der Waals surface area contributed by atoms with Gasteiger partial charge in [-0.2, -0.15) is 0 Å². The highest BCUT2D eigenvalue weighted by Crippen LogP contribution is 2.53. The Morgan fingerprint density at radius 1 is 1.00 bits per heavy atom. The molecule has 0 aliphatic carbocycles. The first-order chi connectivity index (χ1) is 9.96. The van der Waals surface area contributed by atoms with E-state index in [4.69, 9.17) is 9.05 Å². The van der Waals surface area contributed by atoms with Crippen LogP contribution in [0.15, 0.2) is 0 Å². The van der Waals surface area contributed by atoms with Crippen LogP contribution in [-0.2, 0) is 18.4 Å². The molecule has 0 aromatic carbocycles. The zero-order valence-electron chi connectivity index (χ0n) is 14.3. The SMILES string of the molecule is CCCCOP(=O)(OCCCC)[C@H](C)C(=O)N(CC)CC. The second-order valence-electron chi connectivity index (χ2n) is 5.10. The van der Waals surface area contributed by atoms with E-state index in [1.165, 1.54) is 0 Å². The second kappa shape index (κ2) is 11.2. The maximum atomic E-state index is 12.9. The summed E-state index contributed by atoms with van der Waals surface area (Å²) in [6, 6.07) is 0. The van der Waals surface area contributed by atoms with E-state index in [0.29, 0.717) is 26.3 Å². The van der Waals surface area contributed by atoms with Crippen molar-refractivity contribution in [1.29, 1.82) is 0 Å². The number of rotatable bonds is 12. The molecule has 0 bridgehead atoms. The van der Waals surface area contributed by atoms with E-state index in [1.807, 2.05) is 27.7 Å². The van der Waals surface area contributed by atoms with Gasteiger partial charge in [-0.05, 0) is 33.6 Å². The molecule has 21 heavy (non-hydrogen) atoms. The summed E-state index contributed by atoms with van der Waals surface area (Å²) in [5.41, 5.74) is -0.744. The first-order valence-electron chi connectivity index (χ1n) is 8.14. The molecular formula is C15H32NO4P. The van der Waals surface area contributed by atoms with Crippen molar-refractivity contribution in [3.8, 4) is 0 Å². The highest BCUT2D eigenvalue weighted by Gasteiger charge is 2.39. The summed E-state index contributed by atoms with van der Waals surface area (Å²) >= 11 is 0. The Labute approximate surface area is 129 Å². The van der Waals surface area contributed by atoms with E-state index in [2.05, 4.69) is 0 Å². The summed E-state index contributed by atoms with van der Waals surface area (Å²) in [5, 5.41) is 0. The Hall–Kier alpha value is -0.380. The van der Waals surface area contributed by atoms with Gasteiger partial charge in [-0.1, -0.05) is 26.7 Å². The number of amides is 1.